The normalized spacial score (nSPS) is 10.2. The second kappa shape index (κ2) is 3.17. The molecule has 0 heterocycles. The van der Waals surface area contributed by atoms with Crippen LogP contribution in [0.15, 0.2) is 18.2 Å². The van der Waals surface area contributed by atoms with Crippen molar-refractivity contribution in [2.75, 3.05) is 0 Å². The van der Waals surface area contributed by atoms with Gasteiger partial charge < -0.3 is 0 Å². The topological polar surface area (TPSA) is 0 Å². The molecule has 0 spiro atoms. The van der Waals surface area contributed by atoms with Crippen molar-refractivity contribution in [1.29, 1.82) is 0 Å². The predicted octanol–water partition coefficient (Wildman–Crippen LogP) is 1.34. The summed E-state index contributed by atoms with van der Waals surface area (Å²) in [6.45, 7) is 0. The molecule has 0 aliphatic rings. The van der Waals surface area contributed by atoms with Gasteiger partial charge in [0.2, 0.25) is 0 Å². The highest BCUT2D eigenvalue weighted by atomic mass is 35.5. The van der Waals surface area contributed by atoms with Crippen LogP contribution in [0.2, 0.25) is 5.02 Å². The highest BCUT2D eigenvalue weighted by Crippen LogP contribution is 2.13. The first-order valence-electron chi connectivity index (χ1n) is 3.18. The van der Waals surface area contributed by atoms with Crippen LogP contribution in [-0.4, -0.2) is 10.2 Å². The maximum absolute atomic E-state index is 12.8. The monoisotopic (exact) mass is 174 g/mol. The molecule has 0 bridgehead atoms. The van der Waals surface area contributed by atoms with Crippen LogP contribution < -0.4 is 0 Å². The zero-order valence-electron chi connectivity index (χ0n) is 5.70. The molecule has 10 heavy (non-hydrogen) atoms. The van der Waals surface area contributed by atoms with E-state index in [1.807, 2.05) is 0 Å². The first kappa shape index (κ1) is 7.76. The third-order valence-electron chi connectivity index (χ3n) is 1.40. The second-order valence-corrected chi connectivity index (χ2v) is 3.23. The number of rotatable bonds is 1. The SMILES string of the molecule is Fc1cc(Cl)ccc1C[SiH3]. The lowest BCUT2D eigenvalue weighted by Crippen LogP contribution is -1.88. The Hall–Kier alpha value is -0.343. The van der Waals surface area contributed by atoms with E-state index >= 15 is 0 Å². The number of halogens is 2. The molecule has 1 aromatic rings. The van der Waals surface area contributed by atoms with E-state index in [0.717, 1.165) is 21.9 Å². The maximum Gasteiger partial charge on any atom is 0.127 e. The average molecular weight is 175 g/mol. The number of hydrogen-bond acceptors (Lipinski definition) is 0. The minimum absolute atomic E-state index is 0.178. The van der Waals surface area contributed by atoms with E-state index in [9.17, 15) is 4.39 Å². The Morgan fingerprint density at radius 3 is 2.70 bits per heavy atom. The van der Waals surface area contributed by atoms with Crippen molar-refractivity contribution in [3.8, 4) is 0 Å². The van der Waals surface area contributed by atoms with Crippen LogP contribution in [0.4, 0.5) is 4.39 Å². The highest BCUT2D eigenvalue weighted by Gasteiger charge is 1.98. The number of hydrogen-bond donors (Lipinski definition) is 0. The van der Waals surface area contributed by atoms with Crippen molar-refractivity contribution in [2.24, 2.45) is 0 Å². The molecule has 0 radical (unpaired) electrons. The van der Waals surface area contributed by atoms with E-state index in [1.165, 1.54) is 6.07 Å². The Kier molecular flexibility index (Phi) is 2.46. The first-order chi connectivity index (χ1) is 4.74. The molecule has 0 atom stereocenters. The average Bonchev–Trinajstić information content (AvgIpc) is 1.88. The molecule has 0 aliphatic carbocycles. The fourth-order valence-corrected chi connectivity index (χ4v) is 1.54. The van der Waals surface area contributed by atoms with Gasteiger partial charge in [0.1, 0.15) is 5.82 Å². The van der Waals surface area contributed by atoms with Crippen molar-refractivity contribution < 1.29 is 4.39 Å². The van der Waals surface area contributed by atoms with Crippen LogP contribution in [0.5, 0.6) is 0 Å². The number of benzene rings is 1. The molecule has 0 unspecified atom stereocenters. The van der Waals surface area contributed by atoms with Gasteiger partial charge in [-0.1, -0.05) is 17.7 Å². The van der Waals surface area contributed by atoms with Gasteiger partial charge >= 0.3 is 0 Å². The maximum atomic E-state index is 12.8. The minimum atomic E-state index is -0.178. The van der Waals surface area contributed by atoms with E-state index in [1.54, 1.807) is 12.1 Å². The summed E-state index contributed by atoms with van der Waals surface area (Å²) in [7, 11) is 0.990. The van der Waals surface area contributed by atoms with E-state index in [2.05, 4.69) is 0 Å². The van der Waals surface area contributed by atoms with E-state index in [4.69, 9.17) is 11.6 Å². The van der Waals surface area contributed by atoms with Crippen LogP contribution in [0.1, 0.15) is 5.56 Å². The van der Waals surface area contributed by atoms with Crippen molar-refractivity contribution in [3.63, 3.8) is 0 Å². The zero-order valence-corrected chi connectivity index (χ0v) is 8.45. The van der Waals surface area contributed by atoms with E-state index in [0.29, 0.717) is 5.02 Å². The summed E-state index contributed by atoms with van der Waals surface area (Å²) in [5, 5.41) is 0.469. The molecule has 0 saturated heterocycles. The molecule has 0 aromatic heterocycles. The van der Waals surface area contributed by atoms with Crippen LogP contribution >= 0.6 is 11.6 Å². The van der Waals surface area contributed by atoms with Gasteiger partial charge in [-0.2, -0.15) is 0 Å². The first-order valence-corrected chi connectivity index (χ1v) is 4.97. The van der Waals surface area contributed by atoms with E-state index in [-0.39, 0.29) is 5.82 Å². The van der Waals surface area contributed by atoms with Crippen molar-refractivity contribution in [2.45, 2.75) is 6.04 Å². The Bertz CT molecular complexity index is 237. The molecule has 1 aromatic carbocycles. The van der Waals surface area contributed by atoms with Crippen LogP contribution in [0.25, 0.3) is 0 Å². The summed E-state index contributed by atoms with van der Waals surface area (Å²) in [5.74, 6) is -0.178. The summed E-state index contributed by atoms with van der Waals surface area (Å²) in [6, 6.07) is 5.67. The smallest absolute Gasteiger partial charge is 0.127 e. The fraction of sp³-hybridized carbons (Fsp3) is 0.143. The molecule has 3 heteroatoms. The Morgan fingerprint density at radius 2 is 2.20 bits per heavy atom. The van der Waals surface area contributed by atoms with Gasteiger partial charge in [0.15, 0.2) is 0 Å². The van der Waals surface area contributed by atoms with Gasteiger partial charge in [0.25, 0.3) is 0 Å². The lowest BCUT2D eigenvalue weighted by molar-refractivity contribution is 0.617. The quantitative estimate of drug-likeness (QED) is 0.564. The third kappa shape index (κ3) is 1.58. The van der Waals surface area contributed by atoms with Gasteiger partial charge in [-0.25, -0.2) is 4.39 Å². The van der Waals surface area contributed by atoms with Gasteiger partial charge in [-0.15, -0.1) is 0 Å². The van der Waals surface area contributed by atoms with Crippen molar-refractivity contribution in [3.05, 3.63) is 34.6 Å². The van der Waals surface area contributed by atoms with Gasteiger partial charge in [-0.3, -0.25) is 0 Å². The largest absolute Gasteiger partial charge is 0.207 e. The van der Waals surface area contributed by atoms with Gasteiger partial charge in [0, 0.05) is 15.3 Å². The lowest BCUT2D eigenvalue weighted by Gasteiger charge is -1.97. The lowest BCUT2D eigenvalue weighted by atomic mass is 10.2. The van der Waals surface area contributed by atoms with Gasteiger partial charge in [0.05, 0.1) is 0 Å². The zero-order chi connectivity index (χ0) is 7.56. The highest BCUT2D eigenvalue weighted by molar-refractivity contribution is 6.30. The molecule has 54 valence electrons. The summed E-state index contributed by atoms with van der Waals surface area (Å²) >= 11 is 5.55. The molecule has 0 N–H and O–H groups in total. The Balaban J connectivity index is 3.07. The molecule has 0 amide bonds. The standard InChI is InChI=1S/C7H8ClFSi/c8-6-2-1-5(4-10)7(9)3-6/h1-3H,4H2,10H3. The Morgan fingerprint density at radius 1 is 1.50 bits per heavy atom. The van der Waals surface area contributed by atoms with Crippen LogP contribution in [0, 0.1) is 5.82 Å². The third-order valence-corrected chi connectivity index (χ3v) is 2.39. The molecule has 0 fully saturated rings. The minimum Gasteiger partial charge on any atom is -0.207 e. The molecule has 1 rings (SSSR count). The van der Waals surface area contributed by atoms with Crippen molar-refractivity contribution >= 4 is 21.8 Å². The molecular weight excluding hydrogens is 167 g/mol. The summed E-state index contributed by atoms with van der Waals surface area (Å²) < 4.78 is 12.8. The van der Waals surface area contributed by atoms with Crippen molar-refractivity contribution in [1.82, 2.24) is 0 Å². The van der Waals surface area contributed by atoms with Gasteiger partial charge in [-0.05, 0) is 23.7 Å². The Labute approximate surface area is 67.4 Å². The summed E-state index contributed by atoms with van der Waals surface area (Å²) in [4.78, 5) is 0. The predicted molar refractivity (Wildman–Crippen MR) is 45.1 cm³/mol. The van der Waals surface area contributed by atoms with Crippen LogP contribution in [0.3, 0.4) is 0 Å². The fourth-order valence-electron chi connectivity index (χ4n) is 0.808. The van der Waals surface area contributed by atoms with E-state index < -0.39 is 0 Å². The second-order valence-electron chi connectivity index (χ2n) is 2.09. The molecule has 0 nitrogen and oxygen atoms in total. The summed E-state index contributed by atoms with van der Waals surface area (Å²) in [6.07, 6.45) is 0. The molecule has 0 saturated carbocycles. The van der Waals surface area contributed by atoms with Crippen LogP contribution in [-0.2, 0) is 6.04 Å². The summed E-state index contributed by atoms with van der Waals surface area (Å²) in [5.41, 5.74) is 0.774. The molecular formula is C7H8ClFSi. The molecule has 0 aliphatic heterocycles.